The van der Waals surface area contributed by atoms with Crippen LogP contribution in [0.5, 0.6) is 11.5 Å². The molecule has 1 N–H and O–H groups in total. The quantitative estimate of drug-likeness (QED) is 0.176. The summed E-state index contributed by atoms with van der Waals surface area (Å²) in [4.78, 5) is 11.6. The van der Waals surface area contributed by atoms with Crippen molar-refractivity contribution in [3.8, 4) is 11.5 Å². The average Bonchev–Trinajstić information content (AvgIpc) is 3.45. The highest BCUT2D eigenvalue weighted by Gasteiger charge is 2.34. The molecule has 0 aliphatic carbocycles. The molecule has 0 saturated carbocycles. The first-order valence-electron chi connectivity index (χ1n) is 11.1. The van der Waals surface area contributed by atoms with E-state index in [4.69, 9.17) is 9.47 Å². The van der Waals surface area contributed by atoms with Crippen molar-refractivity contribution in [1.29, 1.82) is 0 Å². The van der Waals surface area contributed by atoms with Crippen molar-refractivity contribution in [2.24, 2.45) is 0 Å². The topological polar surface area (TPSA) is 59.1 Å². The zero-order valence-corrected chi connectivity index (χ0v) is 18.2. The third kappa shape index (κ3) is 7.69. The molecular formula is C25H36O4. The smallest absolute Gasteiger partial charge is 0.163 e. The minimum Gasteiger partial charge on any atom is -0.507 e. The number of unbranched alkanes of at least 4 members (excludes halogenated alkanes) is 3. The molecule has 1 aromatic carbocycles. The van der Waals surface area contributed by atoms with Crippen LogP contribution in [0.3, 0.4) is 0 Å². The van der Waals surface area contributed by atoms with E-state index in [1.54, 1.807) is 12.1 Å². The summed E-state index contributed by atoms with van der Waals surface area (Å²) in [5, 5.41) is 10.4. The number of hydrogen-bond acceptors (Lipinski definition) is 4. The lowest BCUT2D eigenvalue weighted by atomic mass is 10.0. The first-order valence-corrected chi connectivity index (χ1v) is 11.1. The lowest BCUT2D eigenvalue weighted by Crippen LogP contribution is -2.03. The number of phenolic OH excluding ortho intramolecular Hbond substituents is 1. The highest BCUT2D eigenvalue weighted by molar-refractivity contribution is 5.97. The van der Waals surface area contributed by atoms with Crippen LogP contribution in [0.4, 0.5) is 0 Å². The van der Waals surface area contributed by atoms with Crippen molar-refractivity contribution in [3.63, 3.8) is 0 Å². The predicted molar refractivity (Wildman–Crippen MR) is 118 cm³/mol. The van der Waals surface area contributed by atoms with Crippen LogP contribution in [0.25, 0.3) is 0 Å². The zero-order valence-electron chi connectivity index (χ0n) is 18.2. The Morgan fingerprint density at radius 3 is 2.72 bits per heavy atom. The summed E-state index contributed by atoms with van der Waals surface area (Å²) in [6.45, 7) is 6.33. The molecule has 0 amide bonds. The summed E-state index contributed by atoms with van der Waals surface area (Å²) in [6.07, 6.45) is 17.5. The normalized spacial score (nSPS) is 18.6. The molecule has 1 aliphatic heterocycles. The van der Waals surface area contributed by atoms with E-state index in [1.807, 2.05) is 6.92 Å². The Morgan fingerprint density at radius 2 is 2.00 bits per heavy atom. The molecule has 29 heavy (non-hydrogen) atoms. The molecule has 0 bridgehead atoms. The molecule has 4 nitrogen and oxygen atoms in total. The number of epoxide rings is 1. The van der Waals surface area contributed by atoms with Crippen molar-refractivity contribution < 1.29 is 19.4 Å². The van der Waals surface area contributed by atoms with E-state index in [0.717, 1.165) is 31.2 Å². The molecule has 1 fully saturated rings. The van der Waals surface area contributed by atoms with Crippen molar-refractivity contribution in [3.05, 3.63) is 47.6 Å². The van der Waals surface area contributed by atoms with Crippen molar-refractivity contribution >= 4 is 5.78 Å². The maximum absolute atomic E-state index is 11.6. The summed E-state index contributed by atoms with van der Waals surface area (Å²) in [5.74, 6) is 0.634. The van der Waals surface area contributed by atoms with Crippen LogP contribution in [0.1, 0.15) is 81.6 Å². The Bertz CT molecular complexity index is 705. The predicted octanol–water partition coefficient (Wildman–Crippen LogP) is 6.17. The highest BCUT2D eigenvalue weighted by atomic mass is 16.6. The van der Waals surface area contributed by atoms with Gasteiger partial charge in [-0.15, -0.1) is 0 Å². The second-order valence-corrected chi connectivity index (χ2v) is 7.68. The molecule has 0 spiro atoms. The molecule has 4 heteroatoms. The first-order chi connectivity index (χ1) is 14.1. The van der Waals surface area contributed by atoms with Gasteiger partial charge in [-0.25, -0.2) is 0 Å². The van der Waals surface area contributed by atoms with Crippen molar-refractivity contribution in [2.45, 2.75) is 84.3 Å². The Hall–Kier alpha value is -2.07. The molecule has 0 aromatic heterocycles. The van der Waals surface area contributed by atoms with Crippen molar-refractivity contribution in [2.75, 3.05) is 6.61 Å². The number of benzene rings is 1. The molecule has 2 atom stereocenters. The van der Waals surface area contributed by atoms with Gasteiger partial charge in [0.2, 0.25) is 0 Å². The molecule has 1 heterocycles. The second kappa shape index (κ2) is 12.5. The third-order valence-electron chi connectivity index (χ3n) is 5.15. The third-order valence-corrected chi connectivity index (χ3v) is 5.15. The summed E-state index contributed by atoms with van der Waals surface area (Å²) < 4.78 is 11.5. The maximum atomic E-state index is 11.6. The molecule has 0 unspecified atom stereocenters. The van der Waals surface area contributed by atoms with Gasteiger partial charge in [0.05, 0.1) is 18.3 Å². The molecule has 2 rings (SSSR count). The Balaban J connectivity index is 1.66. The van der Waals surface area contributed by atoms with Gasteiger partial charge < -0.3 is 14.6 Å². The molecule has 160 valence electrons. The van der Waals surface area contributed by atoms with Crippen LogP contribution < -0.4 is 4.74 Å². The summed E-state index contributed by atoms with van der Waals surface area (Å²) in [5.41, 5.74) is 1.11. The largest absolute Gasteiger partial charge is 0.507 e. The van der Waals surface area contributed by atoms with Gasteiger partial charge in [0.25, 0.3) is 0 Å². The molecule has 1 aliphatic rings. The number of hydrogen-bond donors (Lipinski definition) is 1. The standard InChI is InChI=1S/C25H36O4/c1-4-6-14-23-24(29-23)15-11-9-7-8-10-12-18-28-22-17-16-20(19(3)26)25(27)21(22)13-5-2/h7,9,11,15-17,23-24,27H,4-6,8,10,12-14,18H2,1-3H3/t23-,24-/m0/s1. The fourth-order valence-electron chi connectivity index (χ4n) is 3.39. The fraction of sp³-hybridized carbons (Fsp3) is 0.560. The minimum atomic E-state index is -0.128. The van der Waals surface area contributed by atoms with E-state index in [9.17, 15) is 9.90 Å². The van der Waals surface area contributed by atoms with Crippen LogP contribution >= 0.6 is 0 Å². The summed E-state index contributed by atoms with van der Waals surface area (Å²) in [7, 11) is 0. The summed E-state index contributed by atoms with van der Waals surface area (Å²) in [6, 6.07) is 3.46. The van der Waals surface area contributed by atoms with Gasteiger partial charge in [-0.05, 0) is 51.2 Å². The van der Waals surface area contributed by atoms with Crippen LogP contribution in [0.2, 0.25) is 0 Å². The van der Waals surface area contributed by atoms with Gasteiger partial charge in [0.15, 0.2) is 5.78 Å². The number of ether oxygens (including phenoxy) is 2. The first kappa shape index (κ1) is 23.2. The lowest BCUT2D eigenvalue weighted by Gasteiger charge is -2.14. The molecular weight excluding hydrogens is 364 g/mol. The van der Waals surface area contributed by atoms with E-state index in [-0.39, 0.29) is 11.5 Å². The lowest BCUT2D eigenvalue weighted by molar-refractivity contribution is 0.101. The van der Waals surface area contributed by atoms with Crippen LogP contribution in [-0.2, 0) is 11.2 Å². The SMILES string of the molecule is CCCC[C@@H]1O[C@H]1C=CC=CCCCCOc1ccc(C(C)=O)c(O)c1CCC. The van der Waals surface area contributed by atoms with Gasteiger partial charge >= 0.3 is 0 Å². The fourth-order valence-corrected chi connectivity index (χ4v) is 3.39. The monoisotopic (exact) mass is 400 g/mol. The van der Waals surface area contributed by atoms with Crippen LogP contribution in [0, 0.1) is 0 Å². The van der Waals surface area contributed by atoms with E-state index < -0.39 is 0 Å². The van der Waals surface area contributed by atoms with E-state index in [0.29, 0.717) is 36.5 Å². The van der Waals surface area contributed by atoms with Crippen LogP contribution in [-0.4, -0.2) is 29.7 Å². The maximum Gasteiger partial charge on any atom is 0.163 e. The highest BCUT2D eigenvalue weighted by Crippen LogP contribution is 2.33. The number of ketones is 1. The van der Waals surface area contributed by atoms with Gasteiger partial charge in [-0.1, -0.05) is 57.4 Å². The number of aromatic hydroxyl groups is 1. The summed E-state index contributed by atoms with van der Waals surface area (Å²) >= 11 is 0. The number of carbonyl (C=O) groups is 1. The van der Waals surface area contributed by atoms with Gasteiger partial charge in [-0.3, -0.25) is 4.79 Å². The number of rotatable bonds is 14. The molecule has 1 aromatic rings. The zero-order chi connectivity index (χ0) is 21.1. The number of allylic oxidation sites excluding steroid dienone is 3. The van der Waals surface area contributed by atoms with E-state index in [1.165, 1.54) is 26.2 Å². The van der Waals surface area contributed by atoms with Gasteiger partial charge in [0.1, 0.15) is 17.6 Å². The number of carbonyl (C=O) groups excluding carboxylic acids is 1. The average molecular weight is 401 g/mol. The van der Waals surface area contributed by atoms with E-state index >= 15 is 0 Å². The minimum absolute atomic E-state index is 0.0724. The van der Waals surface area contributed by atoms with Gasteiger partial charge in [-0.2, -0.15) is 0 Å². The Labute approximate surface area is 175 Å². The molecule has 1 saturated heterocycles. The number of phenols is 1. The Kier molecular flexibility index (Phi) is 9.99. The Morgan fingerprint density at radius 1 is 1.17 bits per heavy atom. The van der Waals surface area contributed by atoms with Gasteiger partial charge in [0, 0.05) is 5.56 Å². The second-order valence-electron chi connectivity index (χ2n) is 7.68. The van der Waals surface area contributed by atoms with E-state index in [2.05, 4.69) is 31.2 Å². The number of Topliss-reactive ketones (excluding diaryl/α,β-unsaturated/α-hetero) is 1. The van der Waals surface area contributed by atoms with Crippen molar-refractivity contribution in [1.82, 2.24) is 0 Å². The molecule has 0 radical (unpaired) electrons. The van der Waals surface area contributed by atoms with Crippen LogP contribution in [0.15, 0.2) is 36.4 Å².